The molecule has 0 bridgehead atoms. The normalized spacial score (nSPS) is 19.7. The van der Waals surface area contributed by atoms with Crippen molar-refractivity contribution in [2.24, 2.45) is 7.05 Å². The Kier molecular flexibility index (Phi) is 6.05. The Bertz CT molecular complexity index is 969. The first-order chi connectivity index (χ1) is 14.1. The predicted octanol–water partition coefficient (Wildman–Crippen LogP) is 0.376. The average molecular weight is 400 g/mol. The Morgan fingerprint density at radius 2 is 2.07 bits per heavy atom. The Hall–Kier alpha value is -2.52. The summed E-state index contributed by atoms with van der Waals surface area (Å²) >= 11 is 0. The number of aryl methyl sites for hydroxylation is 1. The summed E-state index contributed by atoms with van der Waals surface area (Å²) in [7, 11) is 1.65. The summed E-state index contributed by atoms with van der Waals surface area (Å²) in [4.78, 5) is 26.3. The van der Waals surface area contributed by atoms with Crippen LogP contribution in [0.5, 0.6) is 0 Å². The van der Waals surface area contributed by atoms with E-state index in [9.17, 15) is 9.59 Å². The number of hydrogen-bond donors (Lipinski definition) is 1. The zero-order valence-corrected chi connectivity index (χ0v) is 16.8. The average Bonchev–Trinajstić information content (AvgIpc) is 2.73. The van der Waals surface area contributed by atoms with E-state index in [4.69, 9.17) is 4.74 Å². The van der Waals surface area contributed by atoms with Crippen LogP contribution in [-0.2, 0) is 31.4 Å². The van der Waals surface area contributed by atoms with Gasteiger partial charge in [0.25, 0.3) is 11.1 Å². The second-order valence-corrected chi connectivity index (χ2v) is 7.73. The van der Waals surface area contributed by atoms with Gasteiger partial charge < -0.3 is 10.1 Å². The molecule has 0 aromatic carbocycles. The van der Waals surface area contributed by atoms with Gasteiger partial charge in [0.15, 0.2) is 0 Å². The number of fused-ring (bicyclic) bond motifs is 1. The van der Waals surface area contributed by atoms with Crippen molar-refractivity contribution in [2.45, 2.75) is 44.9 Å². The van der Waals surface area contributed by atoms with Crippen molar-refractivity contribution in [3.05, 3.63) is 50.2 Å². The molecule has 0 amide bonds. The van der Waals surface area contributed by atoms with Gasteiger partial charge in [-0.25, -0.2) is 9.36 Å². The number of ether oxygens (including phenoxy) is 1. The van der Waals surface area contributed by atoms with Gasteiger partial charge in [-0.15, -0.1) is 0 Å². The summed E-state index contributed by atoms with van der Waals surface area (Å²) in [5, 5.41) is 12.2. The summed E-state index contributed by atoms with van der Waals surface area (Å²) in [6, 6.07) is 5.27. The molecule has 1 fully saturated rings. The fourth-order valence-corrected chi connectivity index (χ4v) is 4.04. The molecule has 2 aromatic rings. The molecule has 1 N–H and O–H groups in total. The first-order valence-corrected chi connectivity index (χ1v) is 10.3. The number of anilines is 1. The van der Waals surface area contributed by atoms with Crippen LogP contribution in [0.4, 0.5) is 5.82 Å². The van der Waals surface area contributed by atoms with Gasteiger partial charge in [0.2, 0.25) is 0 Å². The van der Waals surface area contributed by atoms with E-state index in [0.717, 1.165) is 43.7 Å². The van der Waals surface area contributed by atoms with Gasteiger partial charge in [0.05, 0.1) is 25.5 Å². The van der Waals surface area contributed by atoms with Crippen LogP contribution in [0, 0.1) is 0 Å². The van der Waals surface area contributed by atoms with Crippen LogP contribution in [0.25, 0.3) is 0 Å². The number of nitrogens with zero attached hydrogens (tertiary/aromatic N) is 5. The highest BCUT2D eigenvalue weighted by atomic mass is 16.5. The lowest BCUT2D eigenvalue weighted by molar-refractivity contribution is 0.107. The monoisotopic (exact) mass is 400 g/mol. The summed E-state index contributed by atoms with van der Waals surface area (Å²) in [6.45, 7) is 4.29. The van der Waals surface area contributed by atoms with Crippen LogP contribution in [-0.4, -0.2) is 56.7 Å². The van der Waals surface area contributed by atoms with Crippen molar-refractivity contribution in [2.75, 3.05) is 31.6 Å². The molecule has 9 nitrogen and oxygen atoms in total. The Morgan fingerprint density at radius 3 is 2.93 bits per heavy atom. The smallest absolute Gasteiger partial charge is 0.267 e. The molecule has 1 unspecified atom stereocenters. The third-order valence-electron chi connectivity index (χ3n) is 5.73. The van der Waals surface area contributed by atoms with Crippen LogP contribution in [0.2, 0.25) is 0 Å². The van der Waals surface area contributed by atoms with Crippen LogP contribution >= 0.6 is 0 Å². The zero-order chi connectivity index (χ0) is 20.2. The lowest BCUT2D eigenvalue weighted by Crippen LogP contribution is -2.46. The molecule has 2 aromatic heterocycles. The Labute approximate surface area is 169 Å². The highest BCUT2D eigenvalue weighted by Gasteiger charge is 2.23. The molecule has 0 radical (unpaired) electrons. The highest BCUT2D eigenvalue weighted by Crippen LogP contribution is 2.17. The lowest BCUT2D eigenvalue weighted by Gasteiger charge is -2.36. The van der Waals surface area contributed by atoms with E-state index in [1.165, 1.54) is 23.6 Å². The van der Waals surface area contributed by atoms with Gasteiger partial charge in [-0.05, 0) is 25.5 Å². The maximum absolute atomic E-state index is 12.4. The SMILES string of the molecule is Cn1nc(NCC2CCCCN2CCn2nc3c(cc2=O)COCC3)ccc1=O. The van der Waals surface area contributed by atoms with Crippen molar-refractivity contribution in [1.29, 1.82) is 0 Å². The quantitative estimate of drug-likeness (QED) is 0.749. The molecule has 0 aliphatic carbocycles. The number of piperidine rings is 1. The van der Waals surface area contributed by atoms with E-state index < -0.39 is 0 Å². The molecular weight excluding hydrogens is 372 g/mol. The van der Waals surface area contributed by atoms with Gasteiger partial charge >= 0.3 is 0 Å². The first-order valence-electron chi connectivity index (χ1n) is 10.3. The molecule has 29 heavy (non-hydrogen) atoms. The van der Waals surface area contributed by atoms with Crippen molar-refractivity contribution in [3.8, 4) is 0 Å². The standard InChI is InChI=1S/C20H28N6O3/c1-24-19(27)6-5-18(23-24)21-13-16-4-2-3-8-25(16)9-10-26-20(28)12-15-14-29-11-7-17(15)22-26/h5-6,12,16H,2-4,7-11,13-14H2,1H3,(H,21,23). The van der Waals surface area contributed by atoms with Crippen LogP contribution < -0.4 is 16.4 Å². The summed E-state index contributed by atoms with van der Waals surface area (Å²) in [5.41, 5.74) is 1.72. The number of likely N-dealkylation sites (tertiary alicyclic amines) is 1. The molecule has 1 saturated heterocycles. The summed E-state index contributed by atoms with van der Waals surface area (Å²) < 4.78 is 8.34. The van der Waals surface area contributed by atoms with Gasteiger partial charge in [0.1, 0.15) is 5.82 Å². The van der Waals surface area contributed by atoms with E-state index in [-0.39, 0.29) is 11.1 Å². The Balaban J connectivity index is 1.38. The maximum atomic E-state index is 12.4. The minimum atomic E-state index is -0.121. The maximum Gasteiger partial charge on any atom is 0.267 e. The minimum absolute atomic E-state index is 0.0599. The Morgan fingerprint density at radius 1 is 1.17 bits per heavy atom. The molecule has 2 aliphatic heterocycles. The molecule has 0 spiro atoms. The molecular formula is C20H28N6O3. The molecule has 156 valence electrons. The van der Waals surface area contributed by atoms with Crippen LogP contribution in [0.15, 0.2) is 27.8 Å². The van der Waals surface area contributed by atoms with E-state index in [1.54, 1.807) is 23.9 Å². The van der Waals surface area contributed by atoms with E-state index in [1.807, 2.05) is 0 Å². The van der Waals surface area contributed by atoms with E-state index >= 15 is 0 Å². The van der Waals surface area contributed by atoms with E-state index in [0.29, 0.717) is 31.6 Å². The van der Waals surface area contributed by atoms with Crippen molar-refractivity contribution in [3.63, 3.8) is 0 Å². The zero-order valence-electron chi connectivity index (χ0n) is 16.8. The largest absolute Gasteiger partial charge is 0.376 e. The molecule has 2 aliphatic rings. The third-order valence-corrected chi connectivity index (χ3v) is 5.73. The first kappa shape index (κ1) is 19.8. The summed E-state index contributed by atoms with van der Waals surface area (Å²) in [5.74, 6) is 0.701. The summed E-state index contributed by atoms with van der Waals surface area (Å²) in [6.07, 6.45) is 4.22. The van der Waals surface area contributed by atoms with Gasteiger partial charge in [-0.3, -0.25) is 14.5 Å². The second-order valence-electron chi connectivity index (χ2n) is 7.73. The molecule has 4 heterocycles. The highest BCUT2D eigenvalue weighted by molar-refractivity contribution is 5.32. The molecule has 1 atom stereocenters. The third kappa shape index (κ3) is 4.73. The van der Waals surface area contributed by atoms with Gasteiger partial charge in [0, 0.05) is 50.3 Å². The number of rotatable bonds is 6. The number of hydrogen-bond acceptors (Lipinski definition) is 7. The minimum Gasteiger partial charge on any atom is -0.376 e. The fraction of sp³-hybridized carbons (Fsp3) is 0.600. The molecule has 9 heteroatoms. The van der Waals surface area contributed by atoms with Crippen LogP contribution in [0.1, 0.15) is 30.5 Å². The predicted molar refractivity (Wildman–Crippen MR) is 109 cm³/mol. The number of aromatic nitrogens is 4. The topological polar surface area (TPSA) is 94.3 Å². The molecule has 0 saturated carbocycles. The van der Waals surface area contributed by atoms with Gasteiger partial charge in [-0.1, -0.05) is 6.42 Å². The van der Waals surface area contributed by atoms with Gasteiger partial charge in [-0.2, -0.15) is 10.2 Å². The van der Waals surface area contributed by atoms with E-state index in [2.05, 4.69) is 20.4 Å². The van der Waals surface area contributed by atoms with Crippen molar-refractivity contribution in [1.82, 2.24) is 24.5 Å². The number of nitrogens with one attached hydrogen (secondary N) is 1. The lowest BCUT2D eigenvalue weighted by atomic mass is 10.0. The van der Waals surface area contributed by atoms with Crippen molar-refractivity contribution >= 4 is 5.82 Å². The second kappa shape index (κ2) is 8.87. The van der Waals surface area contributed by atoms with Crippen LogP contribution in [0.3, 0.4) is 0 Å². The fourth-order valence-electron chi connectivity index (χ4n) is 4.04. The molecule has 4 rings (SSSR count). The van der Waals surface area contributed by atoms with Crippen molar-refractivity contribution < 1.29 is 4.74 Å².